The van der Waals surface area contributed by atoms with Crippen LogP contribution in [0.25, 0.3) is 0 Å². The fourth-order valence-corrected chi connectivity index (χ4v) is 4.46. The van der Waals surface area contributed by atoms with E-state index in [0.29, 0.717) is 28.2 Å². The quantitative estimate of drug-likeness (QED) is 0.753. The first-order valence-corrected chi connectivity index (χ1v) is 11.0. The molecule has 1 saturated heterocycles. The van der Waals surface area contributed by atoms with E-state index >= 15 is 0 Å². The Kier molecular flexibility index (Phi) is 6.69. The lowest BCUT2D eigenvalue weighted by atomic mass is 9.63. The molecule has 0 aromatic heterocycles. The molecule has 0 aromatic carbocycles. The van der Waals surface area contributed by atoms with Crippen molar-refractivity contribution in [2.24, 2.45) is 16.7 Å². The largest absolute Gasteiger partial charge is 0.342 e. The Bertz CT molecular complexity index is 416. The lowest BCUT2D eigenvalue weighted by molar-refractivity contribution is -0.140. The van der Waals surface area contributed by atoms with E-state index in [1.165, 1.54) is 0 Å². The van der Waals surface area contributed by atoms with Crippen LogP contribution in [-0.2, 0) is 4.79 Å². The van der Waals surface area contributed by atoms with Gasteiger partial charge in [-0.15, -0.1) is 11.8 Å². The van der Waals surface area contributed by atoms with E-state index in [9.17, 15) is 4.79 Å². The Morgan fingerprint density at radius 1 is 1.17 bits per heavy atom. The van der Waals surface area contributed by atoms with Crippen LogP contribution in [0.4, 0.5) is 0 Å². The molecule has 0 bridgehead atoms. The van der Waals surface area contributed by atoms with Gasteiger partial charge in [0.1, 0.15) is 0 Å². The Morgan fingerprint density at radius 3 is 2.17 bits per heavy atom. The van der Waals surface area contributed by atoms with E-state index < -0.39 is 0 Å². The van der Waals surface area contributed by atoms with E-state index in [0.717, 1.165) is 51.6 Å². The van der Waals surface area contributed by atoms with Crippen LogP contribution >= 0.6 is 11.8 Å². The highest BCUT2D eigenvalue weighted by atomic mass is 32.2. The predicted molar refractivity (Wildman–Crippen MR) is 105 cm³/mol. The average Bonchev–Trinajstić information content (AvgIpc) is 2.54. The fourth-order valence-electron chi connectivity index (χ4n) is 4.14. The molecule has 1 N–H and O–H groups in total. The topological polar surface area (TPSA) is 32.3 Å². The minimum atomic E-state index is 0.270. The molecule has 2 fully saturated rings. The van der Waals surface area contributed by atoms with Gasteiger partial charge in [-0.3, -0.25) is 4.79 Å². The number of amides is 1. The number of nitrogens with zero attached hydrogens (tertiary/aromatic N) is 1. The van der Waals surface area contributed by atoms with Gasteiger partial charge >= 0.3 is 0 Å². The van der Waals surface area contributed by atoms with Crippen molar-refractivity contribution in [1.82, 2.24) is 10.2 Å². The number of hydrogen-bond donors (Lipinski definition) is 1. The van der Waals surface area contributed by atoms with Crippen molar-refractivity contribution < 1.29 is 4.79 Å². The first-order valence-electron chi connectivity index (χ1n) is 9.74. The first-order chi connectivity index (χ1) is 11.2. The second-order valence-corrected chi connectivity index (χ2v) is 10.4. The van der Waals surface area contributed by atoms with Crippen molar-refractivity contribution in [3.05, 3.63) is 0 Å². The third-order valence-corrected chi connectivity index (χ3v) is 7.73. The zero-order valence-electron chi connectivity index (χ0n) is 16.7. The molecular formula is C20H38N2OS. The molecular weight excluding hydrogens is 316 g/mol. The van der Waals surface area contributed by atoms with Gasteiger partial charge < -0.3 is 10.2 Å². The van der Waals surface area contributed by atoms with Crippen molar-refractivity contribution in [2.75, 3.05) is 19.3 Å². The van der Waals surface area contributed by atoms with E-state index in [1.54, 1.807) is 0 Å². The molecule has 1 aliphatic heterocycles. The second kappa shape index (κ2) is 7.99. The fraction of sp³-hybridized carbons (Fsp3) is 0.950. The Balaban J connectivity index is 1.80. The number of piperidine rings is 1. The Hall–Kier alpha value is -0.220. The Morgan fingerprint density at radius 2 is 1.71 bits per heavy atom. The van der Waals surface area contributed by atoms with Crippen LogP contribution in [0.3, 0.4) is 0 Å². The summed E-state index contributed by atoms with van der Waals surface area (Å²) >= 11 is 1.86. The van der Waals surface area contributed by atoms with Crippen LogP contribution in [-0.4, -0.2) is 41.6 Å². The number of nitrogens with one attached hydrogen (secondary N) is 1. The average molecular weight is 355 g/mol. The van der Waals surface area contributed by atoms with Gasteiger partial charge in [0.25, 0.3) is 0 Å². The minimum Gasteiger partial charge on any atom is -0.342 e. The van der Waals surface area contributed by atoms with Crippen molar-refractivity contribution in [1.29, 1.82) is 0 Å². The second-order valence-electron chi connectivity index (χ2n) is 9.23. The zero-order chi connectivity index (χ0) is 18.0. The number of likely N-dealkylation sites (tertiary alicyclic amines) is 1. The SMILES string of the molecule is CSC(C)N[C@H]1CC[C@H](C(=O)N2CCC(C)(C(C)(C)C)CC2)CC1. The molecule has 24 heavy (non-hydrogen) atoms. The van der Waals surface area contributed by atoms with Gasteiger partial charge in [-0.2, -0.15) is 0 Å². The molecule has 0 aromatic rings. The van der Waals surface area contributed by atoms with Gasteiger partial charge in [0.05, 0.1) is 5.37 Å². The molecule has 1 saturated carbocycles. The maximum absolute atomic E-state index is 12.9. The van der Waals surface area contributed by atoms with Gasteiger partial charge in [0, 0.05) is 25.0 Å². The lowest BCUT2D eigenvalue weighted by Crippen LogP contribution is -2.49. The summed E-state index contributed by atoms with van der Waals surface area (Å²) in [6, 6.07) is 0.599. The smallest absolute Gasteiger partial charge is 0.225 e. The molecule has 2 rings (SSSR count). The maximum Gasteiger partial charge on any atom is 0.225 e. The maximum atomic E-state index is 12.9. The van der Waals surface area contributed by atoms with E-state index in [1.807, 2.05) is 11.8 Å². The van der Waals surface area contributed by atoms with Crippen LogP contribution in [0.5, 0.6) is 0 Å². The summed E-state index contributed by atoms with van der Waals surface area (Å²) in [6.07, 6.45) is 8.85. The zero-order valence-corrected chi connectivity index (χ0v) is 17.5. The van der Waals surface area contributed by atoms with Crippen LogP contribution in [0.15, 0.2) is 0 Å². The number of thioether (sulfide) groups is 1. The van der Waals surface area contributed by atoms with E-state index in [-0.39, 0.29) is 5.92 Å². The van der Waals surface area contributed by atoms with Gasteiger partial charge in [-0.05, 0) is 62.5 Å². The minimum absolute atomic E-state index is 0.270. The summed E-state index contributed by atoms with van der Waals surface area (Å²) in [5.74, 6) is 0.703. The third-order valence-electron chi connectivity index (χ3n) is 6.89. The van der Waals surface area contributed by atoms with Gasteiger partial charge in [0.15, 0.2) is 0 Å². The molecule has 1 atom stereocenters. The normalized spacial score (nSPS) is 29.3. The van der Waals surface area contributed by atoms with Crippen molar-refractivity contribution in [2.45, 2.75) is 84.6 Å². The molecule has 140 valence electrons. The summed E-state index contributed by atoms with van der Waals surface area (Å²) < 4.78 is 0. The van der Waals surface area contributed by atoms with Crippen LogP contribution in [0, 0.1) is 16.7 Å². The van der Waals surface area contributed by atoms with Crippen LogP contribution < -0.4 is 5.32 Å². The van der Waals surface area contributed by atoms with Crippen molar-refractivity contribution in [3.8, 4) is 0 Å². The highest BCUT2D eigenvalue weighted by molar-refractivity contribution is 7.99. The lowest BCUT2D eigenvalue weighted by Gasteiger charge is -2.48. The molecule has 1 unspecified atom stereocenters. The van der Waals surface area contributed by atoms with Gasteiger partial charge in [0.2, 0.25) is 5.91 Å². The number of rotatable bonds is 4. The molecule has 1 amide bonds. The molecule has 0 spiro atoms. The van der Waals surface area contributed by atoms with E-state index in [2.05, 4.69) is 51.1 Å². The first kappa shape index (κ1) is 20.1. The highest BCUT2D eigenvalue weighted by Crippen LogP contribution is 2.46. The Labute approximate surface area is 153 Å². The molecule has 1 heterocycles. The number of carbonyl (C=O) groups excluding carboxylic acids is 1. The van der Waals surface area contributed by atoms with E-state index in [4.69, 9.17) is 0 Å². The molecule has 2 aliphatic rings. The van der Waals surface area contributed by atoms with Crippen LogP contribution in [0.1, 0.15) is 73.1 Å². The number of hydrogen-bond acceptors (Lipinski definition) is 3. The highest BCUT2D eigenvalue weighted by Gasteiger charge is 2.41. The number of carbonyl (C=O) groups is 1. The summed E-state index contributed by atoms with van der Waals surface area (Å²) in [6.45, 7) is 13.6. The molecule has 3 nitrogen and oxygen atoms in total. The van der Waals surface area contributed by atoms with Crippen LogP contribution in [0.2, 0.25) is 0 Å². The third kappa shape index (κ3) is 4.69. The summed E-state index contributed by atoms with van der Waals surface area (Å²) in [5.41, 5.74) is 0.680. The monoisotopic (exact) mass is 354 g/mol. The molecule has 4 heteroatoms. The van der Waals surface area contributed by atoms with Crippen molar-refractivity contribution >= 4 is 17.7 Å². The predicted octanol–water partition coefficient (Wildman–Crippen LogP) is 4.52. The summed E-state index contributed by atoms with van der Waals surface area (Å²) in [7, 11) is 0. The van der Waals surface area contributed by atoms with Crippen molar-refractivity contribution in [3.63, 3.8) is 0 Å². The molecule has 0 radical (unpaired) electrons. The van der Waals surface area contributed by atoms with Gasteiger partial charge in [-0.25, -0.2) is 0 Å². The molecule has 1 aliphatic carbocycles. The summed E-state index contributed by atoms with van der Waals surface area (Å²) in [4.78, 5) is 15.1. The standard InChI is InChI=1S/C20H38N2OS/c1-15(24-6)21-17-9-7-16(8-10-17)18(23)22-13-11-20(5,12-14-22)19(2,3)4/h15-17,21H,7-14H2,1-6H3/t15?,16-,17-. The van der Waals surface area contributed by atoms with Gasteiger partial charge in [-0.1, -0.05) is 27.7 Å². The summed E-state index contributed by atoms with van der Waals surface area (Å²) in [5, 5.41) is 4.19.